The number of nitrogens with one attached hydrogen (secondary N) is 1. The Bertz CT molecular complexity index is 622. The summed E-state index contributed by atoms with van der Waals surface area (Å²) < 4.78 is 7.38. The van der Waals surface area contributed by atoms with E-state index in [9.17, 15) is 4.79 Å². The van der Waals surface area contributed by atoms with Crippen LogP contribution in [0.2, 0.25) is 5.02 Å². The predicted molar refractivity (Wildman–Crippen MR) is 88.4 cm³/mol. The van der Waals surface area contributed by atoms with Gasteiger partial charge in [-0.15, -0.1) is 0 Å². The standard InChI is InChI=1S/C17H20ClN3O2/c18-15-5-3-13(4-6-15)16(21-8-7-19-12-21)10-20-17(22)14-2-1-9-23-11-14/h3-8,12,14,16H,1-2,9-11H2,(H,20,22)/t14-,16-/m1/s1. The summed E-state index contributed by atoms with van der Waals surface area (Å²) in [5.74, 6) is 0.0150. The first-order valence-corrected chi connectivity index (χ1v) is 8.20. The number of carbonyl (C=O) groups excluding carboxylic acids is 1. The second-order valence-electron chi connectivity index (χ2n) is 5.74. The molecule has 6 heteroatoms. The van der Waals surface area contributed by atoms with Gasteiger partial charge in [0.25, 0.3) is 0 Å². The van der Waals surface area contributed by atoms with E-state index < -0.39 is 0 Å². The van der Waals surface area contributed by atoms with Gasteiger partial charge in [0.2, 0.25) is 5.91 Å². The highest BCUT2D eigenvalue weighted by Gasteiger charge is 2.23. The third-order valence-corrected chi connectivity index (χ3v) is 4.39. The number of hydrogen-bond donors (Lipinski definition) is 1. The van der Waals surface area contributed by atoms with Crippen LogP contribution in [-0.4, -0.2) is 35.2 Å². The number of amides is 1. The van der Waals surface area contributed by atoms with Crippen molar-refractivity contribution in [1.82, 2.24) is 14.9 Å². The Balaban J connectivity index is 1.69. The fourth-order valence-corrected chi connectivity index (χ4v) is 2.95. The molecular weight excluding hydrogens is 314 g/mol. The van der Waals surface area contributed by atoms with Crippen LogP contribution in [0, 0.1) is 5.92 Å². The number of carbonyl (C=O) groups is 1. The van der Waals surface area contributed by atoms with Gasteiger partial charge in [-0.3, -0.25) is 4.79 Å². The highest BCUT2D eigenvalue weighted by molar-refractivity contribution is 6.30. The second kappa shape index (κ2) is 7.62. The number of nitrogens with zero attached hydrogens (tertiary/aromatic N) is 2. The molecule has 3 rings (SSSR count). The molecular formula is C17H20ClN3O2. The minimum absolute atomic E-state index is 0.0109. The van der Waals surface area contributed by atoms with Gasteiger partial charge in [-0.1, -0.05) is 23.7 Å². The normalized spacial score (nSPS) is 19.3. The molecule has 0 aliphatic carbocycles. The van der Waals surface area contributed by atoms with Gasteiger partial charge in [-0.25, -0.2) is 4.98 Å². The highest BCUT2D eigenvalue weighted by atomic mass is 35.5. The van der Waals surface area contributed by atoms with E-state index in [1.54, 1.807) is 12.5 Å². The predicted octanol–water partition coefficient (Wildman–Crippen LogP) is 2.67. The van der Waals surface area contributed by atoms with Gasteiger partial charge < -0.3 is 14.6 Å². The Morgan fingerprint density at radius 1 is 1.43 bits per heavy atom. The molecule has 2 heterocycles. The van der Waals surface area contributed by atoms with Crippen molar-refractivity contribution in [3.63, 3.8) is 0 Å². The van der Waals surface area contributed by atoms with Crippen LogP contribution in [0.4, 0.5) is 0 Å². The fraction of sp³-hybridized carbons (Fsp3) is 0.412. The number of halogens is 1. The summed E-state index contributed by atoms with van der Waals surface area (Å²) in [6.07, 6.45) is 7.23. The van der Waals surface area contributed by atoms with Crippen LogP contribution in [0.3, 0.4) is 0 Å². The van der Waals surface area contributed by atoms with Gasteiger partial charge >= 0.3 is 0 Å². The van der Waals surface area contributed by atoms with Gasteiger partial charge in [0, 0.05) is 30.6 Å². The molecule has 1 N–H and O–H groups in total. The molecule has 0 bridgehead atoms. The number of hydrogen-bond acceptors (Lipinski definition) is 3. The fourth-order valence-electron chi connectivity index (χ4n) is 2.82. The summed E-state index contributed by atoms with van der Waals surface area (Å²) in [6, 6.07) is 7.66. The molecule has 5 nitrogen and oxygen atoms in total. The van der Waals surface area contributed by atoms with E-state index in [-0.39, 0.29) is 17.9 Å². The minimum Gasteiger partial charge on any atom is -0.381 e. The zero-order valence-corrected chi connectivity index (χ0v) is 13.6. The maximum Gasteiger partial charge on any atom is 0.225 e. The number of imidazole rings is 1. The topological polar surface area (TPSA) is 56.2 Å². The number of benzene rings is 1. The van der Waals surface area contributed by atoms with E-state index in [1.807, 2.05) is 35.0 Å². The molecule has 23 heavy (non-hydrogen) atoms. The Kier molecular flexibility index (Phi) is 5.31. The molecule has 1 saturated heterocycles. The van der Waals surface area contributed by atoms with Crippen LogP contribution in [0.15, 0.2) is 43.0 Å². The number of aromatic nitrogens is 2. The smallest absolute Gasteiger partial charge is 0.225 e. The highest BCUT2D eigenvalue weighted by Crippen LogP contribution is 2.20. The quantitative estimate of drug-likeness (QED) is 0.915. The van der Waals surface area contributed by atoms with Crippen molar-refractivity contribution in [3.05, 3.63) is 53.6 Å². The minimum atomic E-state index is -0.0441. The average Bonchev–Trinajstić information content (AvgIpc) is 3.11. The lowest BCUT2D eigenvalue weighted by atomic mass is 10.0. The molecule has 2 atom stereocenters. The van der Waals surface area contributed by atoms with Crippen molar-refractivity contribution >= 4 is 17.5 Å². The molecule has 1 fully saturated rings. The van der Waals surface area contributed by atoms with E-state index in [1.165, 1.54) is 0 Å². The van der Waals surface area contributed by atoms with Crippen LogP contribution in [-0.2, 0) is 9.53 Å². The third kappa shape index (κ3) is 4.12. The van der Waals surface area contributed by atoms with E-state index >= 15 is 0 Å². The summed E-state index contributed by atoms with van der Waals surface area (Å²) >= 11 is 5.97. The maximum absolute atomic E-state index is 12.3. The molecule has 1 aromatic heterocycles. The Labute approximate surface area is 140 Å². The molecule has 0 saturated carbocycles. The molecule has 122 valence electrons. The SMILES string of the molecule is O=C(NC[C@H](c1ccc(Cl)cc1)n1ccnc1)[C@@H]1CCCOC1. The van der Waals surface area contributed by atoms with Crippen molar-refractivity contribution in [2.75, 3.05) is 19.8 Å². The molecule has 1 aliphatic rings. The van der Waals surface area contributed by atoms with Crippen molar-refractivity contribution in [1.29, 1.82) is 0 Å². The van der Waals surface area contributed by atoms with Crippen LogP contribution < -0.4 is 5.32 Å². The van der Waals surface area contributed by atoms with Gasteiger partial charge in [0.1, 0.15) is 0 Å². The molecule has 0 unspecified atom stereocenters. The summed E-state index contributed by atoms with van der Waals surface area (Å²) in [4.78, 5) is 16.4. The van der Waals surface area contributed by atoms with Gasteiger partial charge in [0.15, 0.2) is 0 Å². The third-order valence-electron chi connectivity index (χ3n) is 4.14. The van der Waals surface area contributed by atoms with Crippen molar-refractivity contribution < 1.29 is 9.53 Å². The van der Waals surface area contributed by atoms with Crippen molar-refractivity contribution in [2.45, 2.75) is 18.9 Å². The Hall–Kier alpha value is -1.85. The average molecular weight is 334 g/mol. The van der Waals surface area contributed by atoms with Crippen molar-refractivity contribution in [2.24, 2.45) is 5.92 Å². The summed E-state index contributed by atoms with van der Waals surface area (Å²) in [5.41, 5.74) is 1.08. The number of rotatable bonds is 5. The lowest BCUT2D eigenvalue weighted by Crippen LogP contribution is -2.38. The second-order valence-corrected chi connectivity index (χ2v) is 6.17. The molecule has 1 aromatic carbocycles. The Morgan fingerprint density at radius 3 is 2.91 bits per heavy atom. The summed E-state index contributed by atoms with van der Waals surface area (Å²) in [5, 5.41) is 3.75. The molecule has 2 aromatic rings. The van der Waals surface area contributed by atoms with Crippen LogP contribution in [0.5, 0.6) is 0 Å². The van der Waals surface area contributed by atoms with Crippen LogP contribution >= 0.6 is 11.6 Å². The van der Waals surface area contributed by atoms with E-state index in [2.05, 4.69) is 10.3 Å². The monoisotopic (exact) mass is 333 g/mol. The van der Waals surface area contributed by atoms with E-state index in [4.69, 9.17) is 16.3 Å². The van der Waals surface area contributed by atoms with Gasteiger partial charge in [0.05, 0.1) is 24.9 Å². The summed E-state index contributed by atoms with van der Waals surface area (Å²) in [7, 11) is 0. The molecule has 0 radical (unpaired) electrons. The zero-order chi connectivity index (χ0) is 16.1. The number of ether oxygens (including phenoxy) is 1. The lowest BCUT2D eigenvalue weighted by molar-refractivity contribution is -0.129. The van der Waals surface area contributed by atoms with Gasteiger partial charge in [-0.2, -0.15) is 0 Å². The summed E-state index contributed by atoms with van der Waals surface area (Å²) in [6.45, 7) is 1.78. The molecule has 1 amide bonds. The largest absolute Gasteiger partial charge is 0.381 e. The van der Waals surface area contributed by atoms with Gasteiger partial charge in [-0.05, 0) is 30.5 Å². The molecule has 0 spiro atoms. The Morgan fingerprint density at radius 2 is 2.26 bits per heavy atom. The maximum atomic E-state index is 12.3. The van der Waals surface area contributed by atoms with Crippen LogP contribution in [0.25, 0.3) is 0 Å². The molecule has 1 aliphatic heterocycles. The first kappa shape index (κ1) is 16.0. The van der Waals surface area contributed by atoms with E-state index in [0.717, 1.165) is 25.0 Å². The zero-order valence-electron chi connectivity index (χ0n) is 12.8. The van der Waals surface area contributed by atoms with E-state index in [0.29, 0.717) is 18.2 Å². The first-order valence-electron chi connectivity index (χ1n) is 7.82. The van der Waals surface area contributed by atoms with Crippen molar-refractivity contribution in [3.8, 4) is 0 Å². The lowest BCUT2D eigenvalue weighted by Gasteiger charge is -2.24. The van der Waals surface area contributed by atoms with Crippen LogP contribution in [0.1, 0.15) is 24.4 Å². The first-order chi connectivity index (χ1) is 11.2.